The SMILES string of the molecule is CCCCCC(O)CC=C1CC[C@@H](O)[C@@H]1CCCCCC(CCCC)C(=O)O. The highest BCUT2D eigenvalue weighted by Gasteiger charge is 2.29. The molecule has 2 unspecified atom stereocenters. The Morgan fingerprint density at radius 2 is 1.71 bits per heavy atom. The third-order valence-corrected chi connectivity index (χ3v) is 6.29. The molecule has 0 aromatic carbocycles. The van der Waals surface area contributed by atoms with Crippen LogP contribution < -0.4 is 0 Å². The monoisotopic (exact) mass is 396 g/mol. The summed E-state index contributed by atoms with van der Waals surface area (Å²) >= 11 is 0. The van der Waals surface area contributed by atoms with Crippen molar-refractivity contribution in [3.63, 3.8) is 0 Å². The second kappa shape index (κ2) is 15.0. The number of unbranched alkanes of at least 4 members (excludes halogenated alkanes) is 5. The summed E-state index contributed by atoms with van der Waals surface area (Å²) in [4.78, 5) is 11.3. The number of hydrogen-bond donors (Lipinski definition) is 3. The average Bonchev–Trinajstić information content (AvgIpc) is 3.02. The second-order valence-corrected chi connectivity index (χ2v) is 8.69. The van der Waals surface area contributed by atoms with Crippen LogP contribution in [0.2, 0.25) is 0 Å². The molecule has 1 fully saturated rings. The zero-order chi connectivity index (χ0) is 20.8. The van der Waals surface area contributed by atoms with E-state index in [1.54, 1.807) is 0 Å². The number of aliphatic hydroxyl groups excluding tert-OH is 2. The molecule has 0 amide bonds. The van der Waals surface area contributed by atoms with Gasteiger partial charge in [-0.25, -0.2) is 0 Å². The van der Waals surface area contributed by atoms with Crippen molar-refractivity contribution in [1.82, 2.24) is 0 Å². The Bertz CT molecular complexity index is 446. The fraction of sp³-hybridized carbons (Fsp3) is 0.875. The van der Waals surface area contributed by atoms with Gasteiger partial charge in [-0.2, -0.15) is 0 Å². The zero-order valence-electron chi connectivity index (χ0n) is 18.2. The van der Waals surface area contributed by atoms with Gasteiger partial charge in [0, 0.05) is 5.92 Å². The summed E-state index contributed by atoms with van der Waals surface area (Å²) in [6, 6.07) is 0. The maximum Gasteiger partial charge on any atom is 0.306 e. The van der Waals surface area contributed by atoms with Crippen LogP contribution in [0.15, 0.2) is 11.6 Å². The first-order valence-electron chi connectivity index (χ1n) is 11.8. The fourth-order valence-corrected chi connectivity index (χ4v) is 4.39. The molecule has 0 saturated heterocycles. The van der Waals surface area contributed by atoms with Crippen LogP contribution in [0.5, 0.6) is 0 Å². The lowest BCUT2D eigenvalue weighted by atomic mass is 9.91. The third-order valence-electron chi connectivity index (χ3n) is 6.29. The van der Waals surface area contributed by atoms with Crippen molar-refractivity contribution in [1.29, 1.82) is 0 Å². The lowest BCUT2D eigenvalue weighted by Gasteiger charge is -2.17. The minimum atomic E-state index is -0.651. The van der Waals surface area contributed by atoms with Gasteiger partial charge in [0.1, 0.15) is 0 Å². The molecule has 0 aromatic heterocycles. The number of carboxylic acid groups (broad SMARTS) is 1. The van der Waals surface area contributed by atoms with Crippen LogP contribution in [-0.2, 0) is 4.79 Å². The zero-order valence-corrected chi connectivity index (χ0v) is 18.2. The molecule has 4 atom stereocenters. The van der Waals surface area contributed by atoms with E-state index in [4.69, 9.17) is 0 Å². The van der Waals surface area contributed by atoms with Gasteiger partial charge < -0.3 is 15.3 Å². The molecule has 0 heterocycles. The predicted octanol–water partition coefficient (Wildman–Crippen LogP) is 5.86. The van der Waals surface area contributed by atoms with Gasteiger partial charge in [0.2, 0.25) is 0 Å². The quantitative estimate of drug-likeness (QED) is 0.226. The summed E-state index contributed by atoms with van der Waals surface area (Å²) in [6.07, 6.45) is 16.1. The van der Waals surface area contributed by atoms with Gasteiger partial charge in [0.25, 0.3) is 0 Å². The maximum absolute atomic E-state index is 11.3. The Kier molecular flexibility index (Phi) is 13.5. The smallest absolute Gasteiger partial charge is 0.306 e. The van der Waals surface area contributed by atoms with Crippen LogP contribution in [0.4, 0.5) is 0 Å². The van der Waals surface area contributed by atoms with Crippen LogP contribution in [0.25, 0.3) is 0 Å². The molecule has 0 aromatic rings. The lowest BCUT2D eigenvalue weighted by molar-refractivity contribution is -0.142. The first kappa shape index (κ1) is 25.2. The molecule has 0 spiro atoms. The van der Waals surface area contributed by atoms with Crippen molar-refractivity contribution >= 4 is 5.97 Å². The number of carboxylic acids is 1. The van der Waals surface area contributed by atoms with Crippen molar-refractivity contribution in [2.24, 2.45) is 11.8 Å². The van der Waals surface area contributed by atoms with Crippen molar-refractivity contribution in [2.45, 2.75) is 122 Å². The molecule has 0 bridgehead atoms. The minimum Gasteiger partial charge on any atom is -0.481 e. The number of hydrogen-bond acceptors (Lipinski definition) is 3. The van der Waals surface area contributed by atoms with Crippen LogP contribution in [-0.4, -0.2) is 33.5 Å². The van der Waals surface area contributed by atoms with Gasteiger partial charge in [-0.3, -0.25) is 4.79 Å². The van der Waals surface area contributed by atoms with Crippen LogP contribution in [0.3, 0.4) is 0 Å². The highest BCUT2D eigenvalue weighted by Crippen LogP contribution is 2.36. The van der Waals surface area contributed by atoms with Crippen LogP contribution in [0.1, 0.15) is 110 Å². The average molecular weight is 397 g/mol. The van der Waals surface area contributed by atoms with E-state index in [2.05, 4.69) is 19.9 Å². The van der Waals surface area contributed by atoms with Crippen LogP contribution in [0, 0.1) is 11.8 Å². The first-order valence-corrected chi connectivity index (χ1v) is 11.8. The molecule has 1 aliphatic carbocycles. The molecule has 1 rings (SSSR count). The Hall–Kier alpha value is -0.870. The number of aliphatic carboxylic acids is 1. The molecular weight excluding hydrogens is 352 g/mol. The molecule has 3 N–H and O–H groups in total. The number of rotatable bonds is 16. The van der Waals surface area contributed by atoms with E-state index >= 15 is 0 Å². The summed E-state index contributed by atoms with van der Waals surface area (Å²) in [5.74, 6) is -0.609. The minimum absolute atomic E-state index is 0.193. The first-order chi connectivity index (χ1) is 13.5. The lowest BCUT2D eigenvalue weighted by Crippen LogP contribution is -2.15. The second-order valence-electron chi connectivity index (χ2n) is 8.69. The normalized spacial score (nSPS) is 23.2. The molecule has 28 heavy (non-hydrogen) atoms. The summed E-state index contributed by atoms with van der Waals surface area (Å²) in [5, 5.41) is 29.8. The summed E-state index contributed by atoms with van der Waals surface area (Å²) in [6.45, 7) is 4.27. The van der Waals surface area contributed by atoms with E-state index in [0.29, 0.717) is 6.42 Å². The van der Waals surface area contributed by atoms with Crippen molar-refractivity contribution in [3.8, 4) is 0 Å². The predicted molar refractivity (Wildman–Crippen MR) is 115 cm³/mol. The largest absolute Gasteiger partial charge is 0.481 e. The molecule has 0 aliphatic heterocycles. The number of carbonyl (C=O) groups is 1. The molecular formula is C24H44O4. The Morgan fingerprint density at radius 3 is 2.39 bits per heavy atom. The molecule has 1 saturated carbocycles. The molecule has 1 aliphatic rings. The Labute approximate surface area is 172 Å². The fourth-order valence-electron chi connectivity index (χ4n) is 4.39. The van der Waals surface area contributed by atoms with Gasteiger partial charge in [-0.05, 0) is 44.9 Å². The summed E-state index contributed by atoms with van der Waals surface area (Å²) in [5.41, 5.74) is 1.33. The van der Waals surface area contributed by atoms with Gasteiger partial charge in [-0.1, -0.05) is 76.9 Å². The van der Waals surface area contributed by atoms with Gasteiger partial charge in [0.15, 0.2) is 0 Å². The highest BCUT2D eigenvalue weighted by molar-refractivity contribution is 5.69. The van der Waals surface area contributed by atoms with E-state index < -0.39 is 5.97 Å². The van der Waals surface area contributed by atoms with Crippen molar-refractivity contribution < 1.29 is 20.1 Å². The molecule has 164 valence electrons. The highest BCUT2D eigenvalue weighted by atomic mass is 16.4. The Balaban J connectivity index is 2.32. The summed E-state index contributed by atoms with van der Waals surface area (Å²) < 4.78 is 0. The van der Waals surface area contributed by atoms with Gasteiger partial charge in [0.05, 0.1) is 18.1 Å². The topological polar surface area (TPSA) is 77.8 Å². The van der Waals surface area contributed by atoms with E-state index in [1.807, 2.05) is 0 Å². The molecule has 0 radical (unpaired) electrons. The molecule has 4 nitrogen and oxygen atoms in total. The van der Waals surface area contributed by atoms with Crippen molar-refractivity contribution in [2.75, 3.05) is 0 Å². The molecule has 4 heteroatoms. The Morgan fingerprint density at radius 1 is 1.04 bits per heavy atom. The van der Waals surface area contributed by atoms with E-state index in [-0.39, 0.29) is 24.0 Å². The van der Waals surface area contributed by atoms with Gasteiger partial charge >= 0.3 is 5.97 Å². The van der Waals surface area contributed by atoms with E-state index in [0.717, 1.165) is 77.0 Å². The van der Waals surface area contributed by atoms with Gasteiger partial charge in [-0.15, -0.1) is 0 Å². The maximum atomic E-state index is 11.3. The van der Waals surface area contributed by atoms with Crippen LogP contribution >= 0.6 is 0 Å². The summed E-state index contributed by atoms with van der Waals surface area (Å²) in [7, 11) is 0. The number of aliphatic hydroxyl groups is 2. The van der Waals surface area contributed by atoms with Crippen molar-refractivity contribution in [3.05, 3.63) is 11.6 Å². The third kappa shape index (κ3) is 10.1. The van der Waals surface area contributed by atoms with E-state index in [1.165, 1.54) is 18.4 Å². The van der Waals surface area contributed by atoms with E-state index in [9.17, 15) is 20.1 Å². The standard InChI is InChI=1S/C24H44O4/c1-3-5-8-13-21(25)17-15-19-16-18-23(26)22(19)14-10-7-9-12-20(24(27)28)11-6-4-2/h15,20-23,25-26H,3-14,16-18H2,1-2H3,(H,27,28)/t20?,21?,22-,23-/m1/s1.